The molecule has 2 aromatic rings. The van der Waals surface area contributed by atoms with Gasteiger partial charge in [-0.25, -0.2) is 4.79 Å². The van der Waals surface area contributed by atoms with Gasteiger partial charge in [0.05, 0.1) is 7.11 Å². The number of hydrogen-bond donors (Lipinski definition) is 1. The van der Waals surface area contributed by atoms with Crippen LogP contribution in [0.25, 0.3) is 0 Å². The zero-order valence-electron chi connectivity index (χ0n) is 15.0. The third-order valence-electron chi connectivity index (χ3n) is 4.60. The minimum Gasteiger partial charge on any atom is -0.496 e. The molecule has 0 spiro atoms. The minimum absolute atomic E-state index is 0.00866. The number of methoxy groups -OCH3 is 1. The van der Waals surface area contributed by atoms with Gasteiger partial charge in [0, 0.05) is 43.4 Å². The first kappa shape index (κ1) is 18.4. The highest BCUT2D eigenvalue weighted by Crippen LogP contribution is 2.21. The highest BCUT2D eigenvalue weighted by atomic mass is 35.5. The molecule has 0 bridgehead atoms. The number of halogens is 1. The Morgan fingerprint density at radius 1 is 1.12 bits per heavy atom. The van der Waals surface area contributed by atoms with Gasteiger partial charge >= 0.3 is 6.03 Å². The van der Waals surface area contributed by atoms with Gasteiger partial charge in [0.25, 0.3) is 0 Å². The molecule has 3 rings (SSSR count). The Balaban J connectivity index is 1.45. The number of piperazine rings is 1. The molecule has 2 amide bonds. The summed E-state index contributed by atoms with van der Waals surface area (Å²) < 4.78 is 5.34. The van der Waals surface area contributed by atoms with Crippen LogP contribution >= 0.6 is 11.6 Å². The second-order valence-corrected chi connectivity index (χ2v) is 6.68. The molecule has 1 heterocycles. The number of ether oxygens (including phenoxy) is 1. The summed E-state index contributed by atoms with van der Waals surface area (Å²) in [5.74, 6) is 0.858. The van der Waals surface area contributed by atoms with Crippen molar-refractivity contribution in [3.63, 3.8) is 0 Å². The average molecular weight is 374 g/mol. The zero-order valence-corrected chi connectivity index (χ0v) is 15.7. The Morgan fingerprint density at radius 3 is 2.62 bits per heavy atom. The molecule has 1 aliphatic rings. The van der Waals surface area contributed by atoms with Crippen LogP contribution in [0.15, 0.2) is 48.5 Å². The van der Waals surface area contributed by atoms with Gasteiger partial charge < -0.3 is 19.9 Å². The number of hydrogen-bond acceptors (Lipinski definition) is 3. The maximum atomic E-state index is 12.4. The summed E-state index contributed by atoms with van der Waals surface area (Å²) >= 11 is 6.06. The molecular formula is C20H24ClN3O2. The van der Waals surface area contributed by atoms with Gasteiger partial charge in [0.1, 0.15) is 5.75 Å². The zero-order chi connectivity index (χ0) is 18.4. The van der Waals surface area contributed by atoms with E-state index in [4.69, 9.17) is 16.3 Å². The first-order valence-electron chi connectivity index (χ1n) is 8.82. The van der Waals surface area contributed by atoms with Crippen molar-refractivity contribution in [1.29, 1.82) is 0 Å². The Labute approximate surface area is 159 Å². The Kier molecular flexibility index (Phi) is 6.23. The number of para-hydroxylation sites is 1. The molecule has 2 aromatic carbocycles. The number of rotatable bonds is 5. The third kappa shape index (κ3) is 4.61. The van der Waals surface area contributed by atoms with E-state index in [9.17, 15) is 4.79 Å². The van der Waals surface area contributed by atoms with E-state index in [0.29, 0.717) is 19.6 Å². The van der Waals surface area contributed by atoms with Crippen molar-refractivity contribution in [2.24, 2.45) is 0 Å². The van der Waals surface area contributed by atoms with Crippen LogP contribution in [-0.2, 0) is 6.42 Å². The third-order valence-corrected chi connectivity index (χ3v) is 4.84. The number of anilines is 1. The van der Waals surface area contributed by atoms with Crippen molar-refractivity contribution in [2.45, 2.75) is 6.42 Å². The average Bonchev–Trinajstić information content (AvgIpc) is 2.68. The van der Waals surface area contributed by atoms with Gasteiger partial charge in [-0.2, -0.15) is 0 Å². The van der Waals surface area contributed by atoms with Crippen LogP contribution in [0.3, 0.4) is 0 Å². The lowest BCUT2D eigenvalue weighted by molar-refractivity contribution is 0.194. The first-order valence-corrected chi connectivity index (χ1v) is 9.20. The van der Waals surface area contributed by atoms with Crippen LogP contribution in [0.4, 0.5) is 10.5 Å². The fraction of sp³-hybridized carbons (Fsp3) is 0.350. The van der Waals surface area contributed by atoms with Gasteiger partial charge in [-0.1, -0.05) is 35.9 Å². The predicted octanol–water partition coefficient (Wildman–Crippen LogP) is 3.42. The van der Waals surface area contributed by atoms with Crippen LogP contribution in [0.2, 0.25) is 5.02 Å². The second-order valence-electron chi connectivity index (χ2n) is 6.25. The Morgan fingerprint density at radius 2 is 1.88 bits per heavy atom. The molecule has 138 valence electrons. The first-order chi connectivity index (χ1) is 12.7. The number of nitrogens with one attached hydrogen (secondary N) is 1. The van der Waals surface area contributed by atoms with Crippen molar-refractivity contribution >= 4 is 23.3 Å². The lowest BCUT2D eigenvalue weighted by atomic mass is 10.1. The number of urea groups is 1. The van der Waals surface area contributed by atoms with Crippen molar-refractivity contribution in [1.82, 2.24) is 10.2 Å². The molecule has 0 radical (unpaired) electrons. The standard InChI is InChI=1S/C20H24ClN3O2/c1-26-19-8-3-2-5-16(19)9-10-22-20(25)24-13-11-23(12-14-24)18-7-4-6-17(21)15-18/h2-8,15H,9-14H2,1H3,(H,22,25). The van der Waals surface area contributed by atoms with Crippen LogP contribution in [-0.4, -0.2) is 50.8 Å². The fourth-order valence-electron chi connectivity index (χ4n) is 3.17. The number of carbonyl (C=O) groups is 1. The van der Waals surface area contributed by atoms with E-state index >= 15 is 0 Å². The molecule has 1 fully saturated rings. The van der Waals surface area contributed by atoms with Crippen LogP contribution in [0, 0.1) is 0 Å². The van der Waals surface area contributed by atoms with Crippen molar-refractivity contribution < 1.29 is 9.53 Å². The smallest absolute Gasteiger partial charge is 0.317 e. The van der Waals surface area contributed by atoms with E-state index in [1.54, 1.807) is 7.11 Å². The number of nitrogens with zero attached hydrogens (tertiary/aromatic N) is 2. The molecule has 0 atom stereocenters. The van der Waals surface area contributed by atoms with Crippen molar-refractivity contribution in [3.05, 3.63) is 59.1 Å². The summed E-state index contributed by atoms with van der Waals surface area (Å²) in [4.78, 5) is 16.5. The molecule has 26 heavy (non-hydrogen) atoms. The summed E-state index contributed by atoms with van der Waals surface area (Å²) in [6.45, 7) is 3.61. The number of carbonyl (C=O) groups excluding carboxylic acids is 1. The minimum atomic E-state index is -0.00866. The van der Waals surface area contributed by atoms with E-state index in [2.05, 4.69) is 16.3 Å². The van der Waals surface area contributed by atoms with Gasteiger partial charge in [0.2, 0.25) is 0 Å². The second kappa shape index (κ2) is 8.81. The normalized spacial score (nSPS) is 14.2. The molecule has 5 nitrogen and oxygen atoms in total. The number of benzene rings is 2. The number of amides is 2. The van der Waals surface area contributed by atoms with Gasteiger partial charge in [0.15, 0.2) is 0 Å². The van der Waals surface area contributed by atoms with E-state index in [1.165, 1.54) is 0 Å². The maximum Gasteiger partial charge on any atom is 0.317 e. The molecule has 0 aromatic heterocycles. The maximum absolute atomic E-state index is 12.4. The quantitative estimate of drug-likeness (QED) is 0.873. The topological polar surface area (TPSA) is 44.8 Å². The Hall–Kier alpha value is -2.40. The molecule has 6 heteroatoms. The summed E-state index contributed by atoms with van der Waals surface area (Å²) in [6, 6.07) is 15.7. The summed E-state index contributed by atoms with van der Waals surface area (Å²) in [5.41, 5.74) is 2.20. The fourth-order valence-corrected chi connectivity index (χ4v) is 3.35. The molecule has 0 saturated carbocycles. The van der Waals surface area contributed by atoms with E-state index in [-0.39, 0.29) is 6.03 Å². The molecule has 1 N–H and O–H groups in total. The summed E-state index contributed by atoms with van der Waals surface area (Å²) in [5, 5.41) is 3.74. The van der Waals surface area contributed by atoms with Crippen LogP contribution < -0.4 is 15.0 Å². The predicted molar refractivity (Wildman–Crippen MR) is 105 cm³/mol. The molecule has 1 saturated heterocycles. The highest BCUT2D eigenvalue weighted by molar-refractivity contribution is 6.30. The van der Waals surface area contributed by atoms with E-state index in [0.717, 1.165) is 41.5 Å². The largest absolute Gasteiger partial charge is 0.496 e. The lowest BCUT2D eigenvalue weighted by Crippen LogP contribution is -2.52. The monoisotopic (exact) mass is 373 g/mol. The Bertz CT molecular complexity index is 745. The molecule has 0 unspecified atom stereocenters. The highest BCUT2D eigenvalue weighted by Gasteiger charge is 2.21. The summed E-state index contributed by atoms with van der Waals surface area (Å²) in [7, 11) is 1.66. The molecule has 0 aliphatic carbocycles. The van der Waals surface area contributed by atoms with Crippen molar-refractivity contribution in [3.8, 4) is 5.75 Å². The SMILES string of the molecule is COc1ccccc1CCNC(=O)N1CCN(c2cccc(Cl)c2)CC1. The van der Waals surface area contributed by atoms with E-state index < -0.39 is 0 Å². The lowest BCUT2D eigenvalue weighted by Gasteiger charge is -2.36. The van der Waals surface area contributed by atoms with Crippen LogP contribution in [0.1, 0.15) is 5.56 Å². The molecular weight excluding hydrogens is 350 g/mol. The van der Waals surface area contributed by atoms with Crippen molar-refractivity contribution in [2.75, 3.05) is 44.7 Å². The summed E-state index contributed by atoms with van der Waals surface area (Å²) in [6.07, 6.45) is 0.748. The van der Waals surface area contributed by atoms with Crippen LogP contribution in [0.5, 0.6) is 5.75 Å². The van der Waals surface area contributed by atoms with Gasteiger partial charge in [-0.05, 0) is 36.2 Å². The van der Waals surface area contributed by atoms with E-state index in [1.807, 2.05) is 47.4 Å². The van der Waals surface area contributed by atoms with Gasteiger partial charge in [-0.15, -0.1) is 0 Å². The van der Waals surface area contributed by atoms with Gasteiger partial charge in [-0.3, -0.25) is 0 Å². The molecule has 1 aliphatic heterocycles.